The predicted molar refractivity (Wildman–Crippen MR) is 51.4 cm³/mol. The number of carbonyl (C=O) groups is 1. The van der Waals surface area contributed by atoms with Gasteiger partial charge in [0.05, 0.1) is 6.34 Å². The van der Waals surface area contributed by atoms with E-state index in [4.69, 9.17) is 5.11 Å². The van der Waals surface area contributed by atoms with Crippen molar-refractivity contribution < 1.29 is 9.90 Å². The standard InChI is InChI=1S/C8H8N2O2S/c11-8(12)6-1-5-2-9-4-10-7(5)13-3-6/h2-4,7H,1H2,(H,9,10)(H,11,12). The number of aliphatic imine (C=N–C) groups is 1. The monoisotopic (exact) mass is 196 g/mol. The highest BCUT2D eigenvalue weighted by Crippen LogP contribution is 2.33. The van der Waals surface area contributed by atoms with Crippen molar-refractivity contribution in [1.29, 1.82) is 0 Å². The predicted octanol–water partition coefficient (Wildman–Crippen LogP) is 0.933. The minimum atomic E-state index is -0.846. The number of carboxylic acid groups (broad SMARTS) is 1. The lowest BCUT2D eigenvalue weighted by Gasteiger charge is -2.22. The van der Waals surface area contributed by atoms with Crippen molar-refractivity contribution in [3.8, 4) is 0 Å². The summed E-state index contributed by atoms with van der Waals surface area (Å²) < 4.78 is 0. The van der Waals surface area contributed by atoms with Crippen molar-refractivity contribution in [3.63, 3.8) is 0 Å². The van der Waals surface area contributed by atoms with E-state index in [-0.39, 0.29) is 5.37 Å². The lowest BCUT2D eigenvalue weighted by Crippen LogP contribution is -2.20. The second-order valence-electron chi connectivity index (χ2n) is 2.78. The molecule has 0 fully saturated rings. The molecule has 13 heavy (non-hydrogen) atoms. The molecule has 1 unspecified atom stereocenters. The molecule has 2 aliphatic rings. The maximum absolute atomic E-state index is 10.7. The third-order valence-corrected chi connectivity index (χ3v) is 2.98. The van der Waals surface area contributed by atoms with Gasteiger partial charge in [0.15, 0.2) is 0 Å². The number of fused-ring (bicyclic) bond motifs is 1. The highest BCUT2D eigenvalue weighted by atomic mass is 32.2. The first-order valence-corrected chi connectivity index (χ1v) is 4.76. The van der Waals surface area contributed by atoms with Crippen LogP contribution in [0.5, 0.6) is 0 Å². The number of hydrogen-bond acceptors (Lipinski definition) is 4. The molecule has 0 spiro atoms. The van der Waals surface area contributed by atoms with Crippen molar-refractivity contribution in [1.82, 2.24) is 5.32 Å². The average molecular weight is 196 g/mol. The quantitative estimate of drug-likeness (QED) is 0.655. The number of nitrogens with one attached hydrogen (secondary N) is 1. The SMILES string of the molecule is O=C(O)C1=CSC2N=CNC=C2C1. The summed E-state index contributed by atoms with van der Waals surface area (Å²) >= 11 is 1.43. The molecule has 0 bridgehead atoms. The molecule has 0 aromatic heterocycles. The van der Waals surface area contributed by atoms with Crippen molar-refractivity contribution in [2.45, 2.75) is 11.8 Å². The summed E-state index contributed by atoms with van der Waals surface area (Å²) in [5.74, 6) is -0.846. The van der Waals surface area contributed by atoms with Gasteiger partial charge in [0.25, 0.3) is 0 Å². The number of nitrogens with zero attached hydrogens (tertiary/aromatic N) is 1. The molecule has 5 heteroatoms. The van der Waals surface area contributed by atoms with Crippen LogP contribution in [0.25, 0.3) is 0 Å². The zero-order chi connectivity index (χ0) is 9.26. The number of carboxylic acids is 1. The number of thioether (sulfide) groups is 1. The minimum Gasteiger partial charge on any atom is -0.478 e. The summed E-state index contributed by atoms with van der Waals surface area (Å²) in [5, 5.41) is 13.4. The topological polar surface area (TPSA) is 61.7 Å². The van der Waals surface area contributed by atoms with Crippen LogP contribution in [-0.4, -0.2) is 22.8 Å². The van der Waals surface area contributed by atoms with Crippen molar-refractivity contribution in [2.75, 3.05) is 0 Å². The van der Waals surface area contributed by atoms with Gasteiger partial charge in [-0.2, -0.15) is 0 Å². The highest BCUT2D eigenvalue weighted by Gasteiger charge is 2.23. The molecule has 0 aromatic carbocycles. The van der Waals surface area contributed by atoms with Crippen molar-refractivity contribution in [3.05, 3.63) is 22.8 Å². The fraction of sp³-hybridized carbons (Fsp3) is 0.250. The van der Waals surface area contributed by atoms with Crippen LogP contribution in [0.2, 0.25) is 0 Å². The van der Waals surface area contributed by atoms with Gasteiger partial charge < -0.3 is 10.4 Å². The van der Waals surface area contributed by atoms with Crippen LogP contribution in [0.15, 0.2) is 27.7 Å². The summed E-state index contributed by atoms with van der Waals surface area (Å²) in [7, 11) is 0. The van der Waals surface area contributed by atoms with Gasteiger partial charge in [-0.25, -0.2) is 4.79 Å². The molecule has 2 aliphatic heterocycles. The number of rotatable bonds is 1. The molecule has 2 rings (SSSR count). The molecule has 1 atom stereocenters. The summed E-state index contributed by atoms with van der Waals surface area (Å²) in [6, 6.07) is 0. The first-order chi connectivity index (χ1) is 6.27. The fourth-order valence-corrected chi connectivity index (χ4v) is 2.15. The summed E-state index contributed by atoms with van der Waals surface area (Å²) in [4.78, 5) is 14.8. The van der Waals surface area contributed by atoms with Gasteiger partial charge in [-0.05, 0) is 11.0 Å². The van der Waals surface area contributed by atoms with Crippen molar-refractivity contribution >= 4 is 24.1 Å². The molecule has 0 amide bonds. The van der Waals surface area contributed by atoms with Crippen LogP contribution < -0.4 is 5.32 Å². The van der Waals surface area contributed by atoms with E-state index in [1.165, 1.54) is 11.8 Å². The third-order valence-electron chi connectivity index (χ3n) is 1.88. The Bertz CT molecular complexity index is 333. The minimum absolute atomic E-state index is 0.0735. The molecule has 4 nitrogen and oxygen atoms in total. The van der Waals surface area contributed by atoms with E-state index >= 15 is 0 Å². The first kappa shape index (κ1) is 8.37. The van der Waals surface area contributed by atoms with Gasteiger partial charge in [0, 0.05) is 18.2 Å². The van der Waals surface area contributed by atoms with E-state index in [0.717, 1.165) is 5.57 Å². The zero-order valence-corrected chi connectivity index (χ0v) is 7.54. The molecule has 0 aliphatic carbocycles. The average Bonchev–Trinajstić information content (AvgIpc) is 2.17. The molecule has 2 N–H and O–H groups in total. The van der Waals surface area contributed by atoms with Crippen LogP contribution in [0.1, 0.15) is 6.42 Å². The molecular weight excluding hydrogens is 188 g/mol. The normalized spacial score (nSPS) is 25.4. The Balaban J connectivity index is 2.21. The Morgan fingerprint density at radius 1 is 1.77 bits per heavy atom. The Morgan fingerprint density at radius 2 is 2.62 bits per heavy atom. The van der Waals surface area contributed by atoms with Crippen LogP contribution in [-0.2, 0) is 4.79 Å². The molecule has 2 heterocycles. The Kier molecular flexibility index (Phi) is 2.10. The van der Waals surface area contributed by atoms with E-state index in [0.29, 0.717) is 12.0 Å². The Morgan fingerprint density at radius 3 is 3.38 bits per heavy atom. The summed E-state index contributed by atoms with van der Waals surface area (Å²) in [6.07, 6.45) is 3.93. The smallest absolute Gasteiger partial charge is 0.332 e. The molecule has 68 valence electrons. The van der Waals surface area contributed by atoms with Gasteiger partial charge in [-0.1, -0.05) is 0 Å². The zero-order valence-electron chi connectivity index (χ0n) is 6.73. The lowest BCUT2D eigenvalue weighted by atomic mass is 10.1. The molecular formula is C8H8N2O2S. The third kappa shape index (κ3) is 1.60. The van der Waals surface area contributed by atoms with Crippen LogP contribution in [0.4, 0.5) is 0 Å². The second-order valence-corrected chi connectivity index (χ2v) is 3.73. The molecule has 0 saturated heterocycles. The first-order valence-electron chi connectivity index (χ1n) is 3.82. The van der Waals surface area contributed by atoms with Gasteiger partial charge in [-0.3, -0.25) is 4.99 Å². The lowest BCUT2D eigenvalue weighted by molar-refractivity contribution is -0.132. The molecule has 0 radical (unpaired) electrons. The number of aliphatic carboxylic acids is 1. The highest BCUT2D eigenvalue weighted by molar-refractivity contribution is 8.03. The van der Waals surface area contributed by atoms with Crippen LogP contribution >= 0.6 is 11.8 Å². The second kappa shape index (κ2) is 3.26. The van der Waals surface area contributed by atoms with E-state index in [1.54, 1.807) is 11.7 Å². The molecule has 0 saturated carbocycles. The van der Waals surface area contributed by atoms with E-state index in [1.807, 2.05) is 6.20 Å². The largest absolute Gasteiger partial charge is 0.478 e. The Labute approximate surface area is 79.4 Å². The Hall–Kier alpha value is -1.23. The van der Waals surface area contributed by atoms with E-state index in [2.05, 4.69) is 10.3 Å². The maximum atomic E-state index is 10.7. The van der Waals surface area contributed by atoms with E-state index in [9.17, 15) is 4.79 Å². The summed E-state index contributed by atoms with van der Waals surface area (Å²) in [6.45, 7) is 0. The van der Waals surface area contributed by atoms with Gasteiger partial charge in [-0.15, -0.1) is 11.8 Å². The summed E-state index contributed by atoms with van der Waals surface area (Å²) in [5.41, 5.74) is 1.46. The van der Waals surface area contributed by atoms with Crippen LogP contribution in [0.3, 0.4) is 0 Å². The van der Waals surface area contributed by atoms with Crippen LogP contribution in [0, 0.1) is 0 Å². The van der Waals surface area contributed by atoms with Gasteiger partial charge in [0.1, 0.15) is 5.37 Å². The maximum Gasteiger partial charge on any atom is 0.332 e. The number of hydrogen-bond donors (Lipinski definition) is 2. The van der Waals surface area contributed by atoms with Crippen molar-refractivity contribution in [2.24, 2.45) is 4.99 Å². The van der Waals surface area contributed by atoms with Gasteiger partial charge in [0.2, 0.25) is 0 Å². The fourth-order valence-electron chi connectivity index (χ4n) is 1.22. The van der Waals surface area contributed by atoms with Gasteiger partial charge >= 0.3 is 5.97 Å². The van der Waals surface area contributed by atoms with E-state index < -0.39 is 5.97 Å². The molecule has 0 aromatic rings.